The molecule has 0 saturated carbocycles. The summed E-state index contributed by atoms with van der Waals surface area (Å²) in [7, 11) is 1.55. The smallest absolute Gasteiger partial charge is 0.266 e. The Balaban J connectivity index is 1.69. The van der Waals surface area contributed by atoms with Crippen LogP contribution >= 0.6 is 0 Å². The van der Waals surface area contributed by atoms with Crippen molar-refractivity contribution >= 4 is 11.7 Å². The predicted molar refractivity (Wildman–Crippen MR) is 93.4 cm³/mol. The van der Waals surface area contributed by atoms with Gasteiger partial charge in [0.15, 0.2) is 23.4 Å². The highest BCUT2D eigenvalue weighted by molar-refractivity contribution is 5.93. The van der Waals surface area contributed by atoms with Gasteiger partial charge in [-0.2, -0.15) is 5.10 Å². The summed E-state index contributed by atoms with van der Waals surface area (Å²) in [4.78, 5) is 24.4. The van der Waals surface area contributed by atoms with Crippen molar-refractivity contribution in [2.45, 2.75) is 20.0 Å². The summed E-state index contributed by atoms with van der Waals surface area (Å²) in [6, 6.07) is 7.09. The quantitative estimate of drug-likeness (QED) is 0.719. The van der Waals surface area contributed by atoms with Gasteiger partial charge in [0.05, 0.1) is 7.11 Å². The monoisotopic (exact) mass is 354 g/mol. The molecule has 2 aromatic heterocycles. The van der Waals surface area contributed by atoms with E-state index >= 15 is 0 Å². The summed E-state index contributed by atoms with van der Waals surface area (Å²) in [6.07, 6.45) is 3.48. The molecule has 3 rings (SSSR count). The van der Waals surface area contributed by atoms with Gasteiger partial charge in [-0.1, -0.05) is 6.07 Å². The second-order valence-electron chi connectivity index (χ2n) is 5.51. The van der Waals surface area contributed by atoms with Crippen LogP contribution in [0.2, 0.25) is 0 Å². The van der Waals surface area contributed by atoms with Crippen LogP contribution in [0.3, 0.4) is 0 Å². The lowest BCUT2D eigenvalue weighted by molar-refractivity contribution is -0.122. The van der Waals surface area contributed by atoms with Crippen LogP contribution in [-0.4, -0.2) is 43.9 Å². The number of methoxy groups -OCH3 is 1. The van der Waals surface area contributed by atoms with Gasteiger partial charge in [-0.15, -0.1) is 0 Å². The highest BCUT2D eigenvalue weighted by Gasteiger charge is 2.18. The number of anilines is 1. The van der Waals surface area contributed by atoms with Gasteiger partial charge >= 0.3 is 0 Å². The average Bonchev–Trinajstić information content (AvgIpc) is 3.18. The van der Waals surface area contributed by atoms with Crippen molar-refractivity contribution in [2.24, 2.45) is 0 Å². The van der Waals surface area contributed by atoms with Crippen molar-refractivity contribution in [3.63, 3.8) is 0 Å². The molecule has 1 amide bonds. The SMILES string of the molecule is COc1cc(C)ccc1OC(C)C(=O)Nc1cc(-n2cncn2)ncn1. The van der Waals surface area contributed by atoms with Gasteiger partial charge in [-0.25, -0.2) is 19.6 Å². The van der Waals surface area contributed by atoms with E-state index in [1.54, 1.807) is 26.2 Å². The summed E-state index contributed by atoms with van der Waals surface area (Å²) < 4.78 is 12.5. The van der Waals surface area contributed by atoms with Crippen LogP contribution in [0.4, 0.5) is 5.82 Å². The number of hydrogen-bond acceptors (Lipinski definition) is 7. The number of hydrogen-bond donors (Lipinski definition) is 1. The molecule has 1 N–H and O–H groups in total. The fourth-order valence-corrected chi connectivity index (χ4v) is 2.21. The van der Waals surface area contributed by atoms with E-state index in [4.69, 9.17) is 9.47 Å². The molecule has 0 bridgehead atoms. The van der Waals surface area contributed by atoms with Crippen molar-refractivity contribution < 1.29 is 14.3 Å². The number of rotatable bonds is 6. The van der Waals surface area contributed by atoms with Crippen molar-refractivity contribution in [2.75, 3.05) is 12.4 Å². The molecule has 1 aromatic carbocycles. The van der Waals surface area contributed by atoms with Crippen molar-refractivity contribution in [1.29, 1.82) is 0 Å². The summed E-state index contributed by atoms with van der Waals surface area (Å²) in [5.41, 5.74) is 1.04. The Morgan fingerprint density at radius 2 is 2.04 bits per heavy atom. The molecule has 0 aliphatic carbocycles. The summed E-state index contributed by atoms with van der Waals surface area (Å²) in [6.45, 7) is 3.60. The zero-order valence-electron chi connectivity index (χ0n) is 14.6. The lowest BCUT2D eigenvalue weighted by atomic mass is 10.2. The van der Waals surface area contributed by atoms with Crippen LogP contribution in [0.1, 0.15) is 12.5 Å². The maximum atomic E-state index is 12.4. The van der Waals surface area contributed by atoms with Crippen LogP contribution in [0, 0.1) is 6.92 Å². The number of nitrogens with one attached hydrogen (secondary N) is 1. The van der Waals surface area contributed by atoms with Gasteiger partial charge in [0.1, 0.15) is 24.8 Å². The zero-order chi connectivity index (χ0) is 18.5. The fourth-order valence-electron chi connectivity index (χ4n) is 2.21. The minimum Gasteiger partial charge on any atom is -0.493 e. The van der Waals surface area contributed by atoms with E-state index in [1.165, 1.54) is 23.7 Å². The lowest BCUT2D eigenvalue weighted by Gasteiger charge is -2.17. The van der Waals surface area contributed by atoms with Crippen LogP contribution in [0.5, 0.6) is 11.5 Å². The summed E-state index contributed by atoms with van der Waals surface area (Å²) >= 11 is 0. The summed E-state index contributed by atoms with van der Waals surface area (Å²) in [5.74, 6) is 1.53. The fraction of sp³-hybridized carbons (Fsp3) is 0.235. The lowest BCUT2D eigenvalue weighted by Crippen LogP contribution is -2.30. The molecule has 134 valence electrons. The molecule has 1 atom stereocenters. The first kappa shape index (κ1) is 17.3. The zero-order valence-corrected chi connectivity index (χ0v) is 14.6. The van der Waals surface area contributed by atoms with Gasteiger partial charge in [0.25, 0.3) is 5.91 Å². The molecule has 0 fully saturated rings. The molecular weight excluding hydrogens is 336 g/mol. The Morgan fingerprint density at radius 3 is 2.77 bits per heavy atom. The van der Waals surface area contributed by atoms with Crippen LogP contribution in [0.15, 0.2) is 43.2 Å². The molecular formula is C17H18N6O3. The van der Waals surface area contributed by atoms with E-state index in [2.05, 4.69) is 25.4 Å². The predicted octanol–water partition coefficient (Wildman–Crippen LogP) is 1.78. The van der Waals surface area contributed by atoms with Gasteiger partial charge < -0.3 is 14.8 Å². The Morgan fingerprint density at radius 1 is 1.19 bits per heavy atom. The largest absolute Gasteiger partial charge is 0.493 e. The minimum atomic E-state index is -0.753. The van der Waals surface area contributed by atoms with Crippen LogP contribution < -0.4 is 14.8 Å². The highest BCUT2D eigenvalue weighted by Crippen LogP contribution is 2.28. The number of ether oxygens (including phenoxy) is 2. The maximum Gasteiger partial charge on any atom is 0.266 e. The first-order valence-electron chi connectivity index (χ1n) is 7.86. The molecule has 0 radical (unpaired) electrons. The molecule has 9 heteroatoms. The molecule has 0 aliphatic heterocycles. The molecule has 9 nitrogen and oxygen atoms in total. The van der Waals surface area contributed by atoms with E-state index in [9.17, 15) is 4.79 Å². The topological polar surface area (TPSA) is 104 Å². The number of amides is 1. The van der Waals surface area contributed by atoms with Gasteiger partial charge in [0.2, 0.25) is 0 Å². The molecule has 3 aromatic rings. The number of nitrogens with zero attached hydrogens (tertiary/aromatic N) is 5. The van der Waals surface area contributed by atoms with Crippen LogP contribution in [0.25, 0.3) is 5.82 Å². The van der Waals surface area contributed by atoms with Gasteiger partial charge in [-0.05, 0) is 31.5 Å². The molecule has 2 heterocycles. The van der Waals surface area contributed by atoms with Gasteiger partial charge in [0, 0.05) is 6.07 Å². The highest BCUT2D eigenvalue weighted by atomic mass is 16.5. The third-order valence-electron chi connectivity index (χ3n) is 3.55. The first-order valence-corrected chi connectivity index (χ1v) is 7.86. The number of aryl methyl sites for hydroxylation is 1. The Kier molecular flexibility index (Phi) is 5.07. The second-order valence-corrected chi connectivity index (χ2v) is 5.51. The number of benzene rings is 1. The van der Waals surface area contributed by atoms with E-state index in [0.717, 1.165) is 5.56 Å². The van der Waals surface area contributed by atoms with Crippen molar-refractivity contribution in [1.82, 2.24) is 24.7 Å². The Labute approximate surface area is 150 Å². The van der Waals surface area contributed by atoms with Gasteiger partial charge in [-0.3, -0.25) is 4.79 Å². The van der Waals surface area contributed by atoms with Crippen molar-refractivity contribution in [3.8, 4) is 17.3 Å². The number of carbonyl (C=O) groups excluding carboxylic acids is 1. The van der Waals surface area contributed by atoms with E-state index in [1.807, 2.05) is 19.1 Å². The van der Waals surface area contributed by atoms with E-state index in [-0.39, 0.29) is 5.91 Å². The first-order chi connectivity index (χ1) is 12.6. The molecule has 1 unspecified atom stereocenters. The van der Waals surface area contributed by atoms with E-state index < -0.39 is 6.10 Å². The second kappa shape index (κ2) is 7.60. The standard InChI is InChI=1S/C17H18N6O3/c1-11-4-5-13(14(6-11)25-3)26-12(2)17(24)22-15-7-16(20-9-19-15)23-10-18-8-21-23/h4-10,12H,1-3H3,(H,19,20,22,24). The molecule has 26 heavy (non-hydrogen) atoms. The normalized spacial score (nSPS) is 11.7. The average molecular weight is 354 g/mol. The summed E-state index contributed by atoms with van der Waals surface area (Å²) in [5, 5.41) is 6.68. The van der Waals surface area contributed by atoms with Crippen LogP contribution in [-0.2, 0) is 4.79 Å². The molecule has 0 aliphatic rings. The maximum absolute atomic E-state index is 12.4. The third-order valence-corrected chi connectivity index (χ3v) is 3.55. The molecule has 0 saturated heterocycles. The number of aromatic nitrogens is 5. The third kappa shape index (κ3) is 3.94. The Hall–Kier alpha value is -3.49. The minimum absolute atomic E-state index is 0.335. The van der Waals surface area contributed by atoms with Crippen molar-refractivity contribution in [3.05, 3.63) is 48.8 Å². The molecule has 0 spiro atoms. The Bertz CT molecular complexity index is 897. The van der Waals surface area contributed by atoms with E-state index in [0.29, 0.717) is 23.1 Å². The number of carbonyl (C=O) groups is 1.